The summed E-state index contributed by atoms with van der Waals surface area (Å²) >= 11 is 0. The Bertz CT molecular complexity index is 1290. The normalized spacial score (nSPS) is 30.5. The number of hydroxylamine groups is 6. The van der Waals surface area contributed by atoms with Crippen molar-refractivity contribution in [1.82, 2.24) is 40.7 Å². The number of likely N-dealkylation sites (tertiary alicyclic amines) is 2. The minimum Gasteiger partial charge on any atom is -0.309 e. The fourth-order valence-corrected chi connectivity index (χ4v) is 7.11. The summed E-state index contributed by atoms with van der Waals surface area (Å²) in [5.74, 6) is -0.553. The maximum atomic E-state index is 12.7. The molecule has 6 aliphatic rings. The molecule has 0 saturated carbocycles. The van der Waals surface area contributed by atoms with Gasteiger partial charge in [0.05, 0.1) is 24.3 Å². The third kappa shape index (κ3) is 7.63. The van der Waals surface area contributed by atoms with Gasteiger partial charge in [-0.3, -0.25) is 29.3 Å². The minimum atomic E-state index is -0.546. The van der Waals surface area contributed by atoms with Crippen LogP contribution in [0.1, 0.15) is 44.1 Å². The van der Waals surface area contributed by atoms with Gasteiger partial charge in [-0.1, -0.05) is 30.3 Å². The highest BCUT2D eigenvalue weighted by Gasteiger charge is 2.49. The Morgan fingerprint density at radius 2 is 1.28 bits per heavy atom. The van der Waals surface area contributed by atoms with Crippen LogP contribution in [0.2, 0.25) is 0 Å². The molecule has 0 spiro atoms. The number of nitrogens with zero attached hydrogens (tertiary/aromatic N) is 6. The van der Waals surface area contributed by atoms with Crippen LogP contribution >= 0.6 is 0 Å². The first-order chi connectivity index (χ1) is 22.7. The molecule has 6 heterocycles. The van der Waals surface area contributed by atoms with E-state index < -0.39 is 18.1 Å². The highest BCUT2D eigenvalue weighted by molar-refractivity contribution is 5.88. The lowest BCUT2D eigenvalue weighted by Crippen LogP contribution is -2.50. The zero-order valence-electron chi connectivity index (χ0n) is 27.0. The lowest BCUT2D eigenvalue weighted by Gasteiger charge is -2.29. The summed E-state index contributed by atoms with van der Waals surface area (Å²) < 4.78 is 0. The molecular formula is C31H46N8O8. The maximum Gasteiger partial charge on any atom is 0.345 e. The first-order valence-electron chi connectivity index (χ1n) is 16.5. The monoisotopic (exact) mass is 658 g/mol. The van der Waals surface area contributed by atoms with Crippen molar-refractivity contribution in [2.45, 2.75) is 81.5 Å². The van der Waals surface area contributed by atoms with Crippen molar-refractivity contribution in [2.24, 2.45) is 0 Å². The number of carbonyl (C=O) groups excluding carboxylic acids is 4. The van der Waals surface area contributed by atoms with Gasteiger partial charge in [-0.25, -0.2) is 25.6 Å². The van der Waals surface area contributed by atoms with Gasteiger partial charge in [0.15, 0.2) is 0 Å². The zero-order chi connectivity index (χ0) is 33.1. The Labute approximate surface area is 274 Å². The number of hydrogen-bond acceptors (Lipinski definition) is 10. The van der Waals surface area contributed by atoms with E-state index in [0.717, 1.165) is 56.1 Å². The van der Waals surface area contributed by atoms with Crippen LogP contribution in [0, 0.1) is 0 Å². The lowest BCUT2D eigenvalue weighted by molar-refractivity contribution is -0.144. The maximum absolute atomic E-state index is 12.7. The third-order valence-electron chi connectivity index (χ3n) is 9.83. The van der Waals surface area contributed by atoms with E-state index in [2.05, 4.69) is 20.8 Å². The van der Waals surface area contributed by atoms with E-state index in [4.69, 9.17) is 14.5 Å². The van der Waals surface area contributed by atoms with Crippen LogP contribution in [-0.2, 0) is 30.7 Å². The SMILES string of the molecule is CN1CC[C@H](ONC(=O)[C@@H]2CC[C@@H]3CN2C(=O)N3O)C1.CN1CC[C@H](ONC(=O)[C@@H]2CC[C@@H]3CN2C(=O)N3OCc2ccccc2)C1. The second-order valence-corrected chi connectivity index (χ2v) is 13.3. The van der Waals surface area contributed by atoms with Crippen molar-refractivity contribution < 1.29 is 38.9 Å². The molecule has 16 heteroatoms. The van der Waals surface area contributed by atoms with Crippen LogP contribution in [0.3, 0.4) is 0 Å². The molecule has 0 unspecified atom stereocenters. The quantitative estimate of drug-likeness (QED) is 0.253. The number of fused-ring (bicyclic) bond motifs is 4. The molecule has 47 heavy (non-hydrogen) atoms. The van der Waals surface area contributed by atoms with Crippen LogP contribution < -0.4 is 11.0 Å². The number of rotatable bonds is 9. The Balaban J connectivity index is 0.000000172. The van der Waals surface area contributed by atoms with Crippen LogP contribution in [-0.4, -0.2) is 149 Å². The largest absolute Gasteiger partial charge is 0.345 e. The fourth-order valence-electron chi connectivity index (χ4n) is 7.11. The van der Waals surface area contributed by atoms with Crippen LogP contribution in [0.4, 0.5) is 9.59 Å². The predicted molar refractivity (Wildman–Crippen MR) is 165 cm³/mol. The second kappa shape index (κ2) is 14.7. The first-order valence-corrected chi connectivity index (χ1v) is 16.5. The summed E-state index contributed by atoms with van der Waals surface area (Å²) in [5.41, 5.74) is 6.05. The molecule has 3 N–H and O–H groups in total. The van der Waals surface area contributed by atoms with Crippen LogP contribution in [0.25, 0.3) is 0 Å². The van der Waals surface area contributed by atoms with Gasteiger partial charge in [0, 0.05) is 39.3 Å². The number of carbonyl (C=O) groups is 4. The molecule has 16 nitrogen and oxygen atoms in total. The van der Waals surface area contributed by atoms with Gasteiger partial charge in [0.1, 0.15) is 18.7 Å². The van der Waals surface area contributed by atoms with E-state index in [1.54, 1.807) is 4.90 Å². The number of likely N-dealkylation sites (N-methyl/N-ethyl adjacent to an activating group) is 2. The van der Waals surface area contributed by atoms with Crippen molar-refractivity contribution in [3.8, 4) is 0 Å². The van der Waals surface area contributed by atoms with Gasteiger partial charge < -0.3 is 19.6 Å². The molecule has 6 aliphatic heterocycles. The van der Waals surface area contributed by atoms with Crippen molar-refractivity contribution in [2.75, 3.05) is 53.4 Å². The number of amides is 6. The van der Waals surface area contributed by atoms with Crippen molar-refractivity contribution >= 4 is 23.9 Å². The Hall–Kier alpha value is -3.54. The Morgan fingerprint density at radius 1 is 0.745 bits per heavy atom. The molecule has 0 aromatic heterocycles. The molecule has 0 radical (unpaired) electrons. The molecule has 6 fully saturated rings. The summed E-state index contributed by atoms with van der Waals surface area (Å²) in [5, 5.41) is 11.7. The minimum absolute atomic E-state index is 0.00362. The predicted octanol–water partition coefficient (Wildman–Crippen LogP) is 0.535. The Morgan fingerprint density at radius 3 is 1.83 bits per heavy atom. The summed E-state index contributed by atoms with van der Waals surface area (Å²) in [7, 11) is 4.03. The summed E-state index contributed by atoms with van der Waals surface area (Å²) in [4.78, 5) is 73.2. The van der Waals surface area contributed by atoms with Crippen LogP contribution in [0.5, 0.6) is 0 Å². The molecule has 258 valence electrons. The number of nitrogens with one attached hydrogen (secondary N) is 2. The van der Waals surface area contributed by atoms with Crippen LogP contribution in [0.15, 0.2) is 30.3 Å². The number of hydrogen-bond donors (Lipinski definition) is 3. The zero-order valence-corrected chi connectivity index (χ0v) is 27.0. The number of benzene rings is 1. The lowest BCUT2D eigenvalue weighted by atomic mass is 10.0. The van der Waals surface area contributed by atoms with E-state index in [-0.39, 0.29) is 42.1 Å². The van der Waals surface area contributed by atoms with Crippen molar-refractivity contribution in [1.29, 1.82) is 0 Å². The van der Waals surface area contributed by atoms with E-state index >= 15 is 0 Å². The molecule has 1 aromatic rings. The molecule has 7 rings (SSSR count). The summed E-state index contributed by atoms with van der Waals surface area (Å²) in [6.07, 6.45) is 4.32. The van der Waals surface area contributed by atoms with Gasteiger partial charge in [-0.05, 0) is 58.2 Å². The average molecular weight is 659 g/mol. The van der Waals surface area contributed by atoms with Gasteiger partial charge in [0.25, 0.3) is 11.8 Å². The molecule has 4 bridgehead atoms. The van der Waals surface area contributed by atoms with E-state index in [9.17, 15) is 24.4 Å². The first kappa shape index (κ1) is 33.4. The number of piperidine rings is 2. The van der Waals surface area contributed by atoms with Crippen molar-refractivity contribution in [3.05, 3.63) is 35.9 Å². The summed E-state index contributed by atoms with van der Waals surface area (Å²) in [6.45, 7) is 4.76. The van der Waals surface area contributed by atoms with Crippen molar-refractivity contribution in [3.63, 3.8) is 0 Å². The molecule has 6 amide bonds. The van der Waals surface area contributed by atoms with Gasteiger partial charge in [-0.15, -0.1) is 0 Å². The molecule has 1 aromatic carbocycles. The third-order valence-corrected chi connectivity index (χ3v) is 9.83. The molecule has 6 saturated heterocycles. The smallest absolute Gasteiger partial charge is 0.309 e. The van der Waals surface area contributed by atoms with E-state index in [0.29, 0.717) is 39.0 Å². The van der Waals surface area contributed by atoms with E-state index in [1.807, 2.05) is 44.4 Å². The molecular weight excluding hydrogens is 612 g/mol. The number of urea groups is 2. The highest BCUT2D eigenvalue weighted by atomic mass is 16.7. The van der Waals surface area contributed by atoms with Gasteiger partial charge in [0.2, 0.25) is 0 Å². The molecule has 0 aliphatic carbocycles. The van der Waals surface area contributed by atoms with Gasteiger partial charge >= 0.3 is 12.1 Å². The van der Waals surface area contributed by atoms with E-state index in [1.165, 1.54) is 9.96 Å². The molecule has 6 atom stereocenters. The topological polar surface area (TPSA) is 160 Å². The highest BCUT2D eigenvalue weighted by Crippen LogP contribution is 2.31. The second-order valence-electron chi connectivity index (χ2n) is 13.3. The standard InChI is InChI=1S/C19H26N4O4.C12H20N4O4/c1-21-10-9-16(12-21)27-20-18(24)17-8-7-15-11-22(17)19(25)23(15)26-13-14-5-3-2-4-6-14;1-14-5-4-9(7-14)20-13-11(17)10-3-2-8-6-15(10)12(18)16(8)19/h2-6,15-17H,7-13H2,1H3,(H,20,24);8-10,19H,2-7H2,1H3,(H,13,17)/t15-,16+,17+;8-,9+,10+/m11/s1. The average Bonchev–Trinajstić information content (AvgIpc) is 3.82. The Kier molecular flexibility index (Phi) is 10.4. The fraction of sp³-hybridized carbons (Fsp3) is 0.677. The van der Waals surface area contributed by atoms with Gasteiger partial charge in [-0.2, -0.15) is 5.06 Å². The summed E-state index contributed by atoms with van der Waals surface area (Å²) in [6, 6.07) is 7.77.